The molecule has 0 aliphatic heterocycles. The van der Waals surface area contributed by atoms with Crippen molar-refractivity contribution in [3.8, 4) is 11.8 Å². The summed E-state index contributed by atoms with van der Waals surface area (Å²) < 4.78 is 5.27. The molecule has 4 nitrogen and oxygen atoms in total. The zero-order chi connectivity index (χ0) is 14.2. The Hall–Kier alpha value is -2.02. The van der Waals surface area contributed by atoms with Gasteiger partial charge in [-0.2, -0.15) is 5.26 Å². The number of nitrogens with zero attached hydrogens (tertiary/aromatic N) is 2. The first kappa shape index (κ1) is 13.4. The molecule has 100 valence electrons. The molecule has 1 fully saturated rings. The van der Waals surface area contributed by atoms with Crippen LogP contribution in [-0.2, 0) is 4.79 Å². The number of rotatable bonds is 3. The van der Waals surface area contributed by atoms with Crippen LogP contribution in [0.15, 0.2) is 12.1 Å². The lowest BCUT2D eigenvalue weighted by molar-refractivity contribution is -0.121. The first-order chi connectivity index (χ1) is 8.95. The van der Waals surface area contributed by atoms with Crippen molar-refractivity contribution in [2.24, 2.45) is 5.41 Å². The Kier molecular flexibility index (Phi) is 3.23. The summed E-state index contributed by atoms with van der Waals surface area (Å²) in [7, 11) is 3.36. The van der Waals surface area contributed by atoms with Crippen LogP contribution in [0.3, 0.4) is 0 Å². The zero-order valence-electron chi connectivity index (χ0n) is 11.8. The standard InChI is InChI=1S/C15H18N2O2/c1-10-8-13(19-4)11(2)7-12(10)17(3)14(18)15(9-16)5-6-15/h7-8H,5-6H2,1-4H3. The number of ether oxygens (including phenoxy) is 1. The molecule has 1 aliphatic carbocycles. The molecule has 0 unspecified atom stereocenters. The minimum Gasteiger partial charge on any atom is -0.496 e. The molecule has 0 heterocycles. The van der Waals surface area contributed by atoms with Crippen LogP contribution >= 0.6 is 0 Å². The Bertz CT molecular complexity index is 568. The summed E-state index contributed by atoms with van der Waals surface area (Å²) in [6, 6.07) is 5.99. The van der Waals surface area contributed by atoms with E-state index in [-0.39, 0.29) is 5.91 Å². The van der Waals surface area contributed by atoms with Crippen LogP contribution in [0.25, 0.3) is 0 Å². The Morgan fingerprint density at radius 1 is 1.37 bits per heavy atom. The van der Waals surface area contributed by atoms with Gasteiger partial charge in [-0.1, -0.05) is 0 Å². The van der Waals surface area contributed by atoms with Crippen molar-refractivity contribution in [2.45, 2.75) is 26.7 Å². The predicted octanol–water partition coefficient (Wildman–Crippen LogP) is 2.58. The molecule has 0 bridgehead atoms. The smallest absolute Gasteiger partial charge is 0.247 e. The number of methoxy groups -OCH3 is 1. The van der Waals surface area contributed by atoms with Crippen molar-refractivity contribution in [2.75, 3.05) is 19.1 Å². The summed E-state index contributed by atoms with van der Waals surface area (Å²) >= 11 is 0. The third kappa shape index (κ3) is 2.17. The highest BCUT2D eigenvalue weighted by Crippen LogP contribution is 2.47. The maximum absolute atomic E-state index is 12.3. The van der Waals surface area contributed by atoms with E-state index in [4.69, 9.17) is 10.00 Å². The average molecular weight is 258 g/mol. The summed E-state index contributed by atoms with van der Waals surface area (Å²) in [5, 5.41) is 9.11. The maximum Gasteiger partial charge on any atom is 0.247 e. The first-order valence-corrected chi connectivity index (χ1v) is 6.30. The Morgan fingerprint density at radius 2 is 2.00 bits per heavy atom. The normalized spacial score (nSPS) is 15.5. The van der Waals surface area contributed by atoms with E-state index in [1.165, 1.54) is 0 Å². The van der Waals surface area contributed by atoms with E-state index in [1.54, 1.807) is 19.1 Å². The Morgan fingerprint density at radius 3 is 2.47 bits per heavy atom. The summed E-state index contributed by atoms with van der Waals surface area (Å²) in [5.41, 5.74) is 2.00. The van der Waals surface area contributed by atoms with E-state index in [9.17, 15) is 4.79 Å². The number of benzene rings is 1. The van der Waals surface area contributed by atoms with Crippen LogP contribution in [0, 0.1) is 30.6 Å². The molecule has 1 saturated carbocycles. The minimum absolute atomic E-state index is 0.109. The molecule has 0 N–H and O–H groups in total. The van der Waals surface area contributed by atoms with Gasteiger partial charge >= 0.3 is 0 Å². The topological polar surface area (TPSA) is 53.3 Å². The number of hydrogen-bond donors (Lipinski definition) is 0. The highest BCUT2D eigenvalue weighted by Gasteiger charge is 2.52. The second-order valence-electron chi connectivity index (χ2n) is 5.17. The maximum atomic E-state index is 12.3. The quantitative estimate of drug-likeness (QED) is 0.837. The van der Waals surface area contributed by atoms with Gasteiger partial charge in [0.1, 0.15) is 11.2 Å². The molecule has 1 aromatic carbocycles. The molecule has 2 rings (SSSR count). The predicted molar refractivity (Wildman–Crippen MR) is 73.2 cm³/mol. The van der Waals surface area contributed by atoms with Crippen LogP contribution in [-0.4, -0.2) is 20.1 Å². The first-order valence-electron chi connectivity index (χ1n) is 6.30. The van der Waals surface area contributed by atoms with E-state index < -0.39 is 5.41 Å². The number of anilines is 1. The van der Waals surface area contributed by atoms with Crippen molar-refractivity contribution in [3.05, 3.63) is 23.3 Å². The highest BCUT2D eigenvalue weighted by atomic mass is 16.5. The van der Waals surface area contributed by atoms with Gasteiger partial charge in [-0.15, -0.1) is 0 Å². The van der Waals surface area contributed by atoms with E-state index in [2.05, 4.69) is 6.07 Å². The molecule has 4 heteroatoms. The van der Waals surface area contributed by atoms with Gasteiger partial charge in [-0.05, 0) is 49.9 Å². The number of nitriles is 1. The van der Waals surface area contributed by atoms with Crippen molar-refractivity contribution >= 4 is 11.6 Å². The number of hydrogen-bond acceptors (Lipinski definition) is 3. The summed E-state index contributed by atoms with van der Waals surface area (Å²) in [5.74, 6) is 0.700. The van der Waals surface area contributed by atoms with E-state index in [0.29, 0.717) is 12.8 Å². The summed E-state index contributed by atoms with van der Waals surface area (Å²) in [4.78, 5) is 13.9. The fourth-order valence-electron chi connectivity index (χ4n) is 2.28. The van der Waals surface area contributed by atoms with E-state index in [1.807, 2.05) is 26.0 Å². The van der Waals surface area contributed by atoms with Gasteiger partial charge in [0.25, 0.3) is 0 Å². The lowest BCUT2D eigenvalue weighted by atomic mass is 10.0. The van der Waals surface area contributed by atoms with Crippen molar-refractivity contribution in [1.29, 1.82) is 5.26 Å². The fourth-order valence-corrected chi connectivity index (χ4v) is 2.28. The lowest BCUT2D eigenvalue weighted by Gasteiger charge is -2.23. The van der Waals surface area contributed by atoms with Gasteiger partial charge in [-0.3, -0.25) is 4.79 Å². The third-order valence-corrected chi connectivity index (χ3v) is 3.75. The molecule has 0 atom stereocenters. The summed E-state index contributed by atoms with van der Waals surface area (Å²) in [6.45, 7) is 3.88. The Labute approximate surface area is 113 Å². The van der Waals surface area contributed by atoms with Gasteiger partial charge in [0.2, 0.25) is 5.91 Å². The number of amides is 1. The number of aryl methyl sites for hydroxylation is 2. The van der Waals surface area contributed by atoms with Gasteiger partial charge in [0, 0.05) is 12.7 Å². The molecule has 1 aromatic rings. The van der Waals surface area contributed by atoms with Gasteiger partial charge < -0.3 is 9.64 Å². The molecular weight excluding hydrogens is 240 g/mol. The number of carbonyl (C=O) groups is 1. The number of carbonyl (C=O) groups excluding carboxylic acids is 1. The molecule has 0 radical (unpaired) electrons. The monoisotopic (exact) mass is 258 g/mol. The molecule has 0 spiro atoms. The molecule has 0 saturated heterocycles. The minimum atomic E-state index is -0.783. The second-order valence-corrected chi connectivity index (χ2v) is 5.17. The van der Waals surface area contributed by atoms with Gasteiger partial charge in [0.15, 0.2) is 0 Å². The van der Waals surface area contributed by atoms with E-state index >= 15 is 0 Å². The highest BCUT2D eigenvalue weighted by molar-refractivity contribution is 6.01. The molecule has 1 amide bonds. The summed E-state index contributed by atoms with van der Waals surface area (Å²) in [6.07, 6.45) is 1.34. The second kappa shape index (κ2) is 4.58. The Balaban J connectivity index is 2.35. The molecule has 19 heavy (non-hydrogen) atoms. The van der Waals surface area contributed by atoms with Gasteiger partial charge in [0.05, 0.1) is 13.2 Å². The molecule has 1 aliphatic rings. The lowest BCUT2D eigenvalue weighted by Crippen LogP contribution is -2.33. The zero-order valence-corrected chi connectivity index (χ0v) is 11.8. The van der Waals surface area contributed by atoms with Crippen LogP contribution in [0.1, 0.15) is 24.0 Å². The third-order valence-electron chi connectivity index (χ3n) is 3.75. The molecule has 0 aromatic heterocycles. The van der Waals surface area contributed by atoms with Crippen LogP contribution in [0.2, 0.25) is 0 Å². The van der Waals surface area contributed by atoms with Gasteiger partial charge in [-0.25, -0.2) is 0 Å². The van der Waals surface area contributed by atoms with Crippen molar-refractivity contribution in [3.63, 3.8) is 0 Å². The van der Waals surface area contributed by atoms with Crippen LogP contribution < -0.4 is 9.64 Å². The van der Waals surface area contributed by atoms with E-state index in [0.717, 1.165) is 22.6 Å². The van der Waals surface area contributed by atoms with Crippen LogP contribution in [0.4, 0.5) is 5.69 Å². The molecular formula is C15H18N2O2. The largest absolute Gasteiger partial charge is 0.496 e. The SMILES string of the molecule is COc1cc(C)c(N(C)C(=O)C2(C#N)CC2)cc1C. The van der Waals surface area contributed by atoms with Crippen molar-refractivity contribution in [1.82, 2.24) is 0 Å². The van der Waals surface area contributed by atoms with Crippen molar-refractivity contribution < 1.29 is 9.53 Å². The van der Waals surface area contributed by atoms with Crippen LogP contribution in [0.5, 0.6) is 5.75 Å². The fraction of sp³-hybridized carbons (Fsp3) is 0.467. The average Bonchev–Trinajstić information content (AvgIpc) is 3.20.